The number of fused-ring (bicyclic) bond motifs is 2. The highest BCUT2D eigenvalue weighted by molar-refractivity contribution is 5.02. The third kappa shape index (κ3) is 1.37. The normalized spacial score (nSPS) is 55.3. The average molecular weight is 228 g/mol. The number of rotatable bonds is 2. The first-order valence-electron chi connectivity index (χ1n) is 6.15. The Morgan fingerprint density at radius 3 is 2.38 bits per heavy atom. The lowest BCUT2D eigenvalue weighted by molar-refractivity contribution is -0.199. The first-order chi connectivity index (χ1) is 7.76. The fourth-order valence-corrected chi connectivity index (χ4v) is 4.13. The van der Waals surface area contributed by atoms with E-state index in [1.807, 2.05) is 0 Å². The van der Waals surface area contributed by atoms with Gasteiger partial charge in [0, 0.05) is 26.1 Å². The second-order valence-electron chi connectivity index (χ2n) is 5.30. The summed E-state index contributed by atoms with van der Waals surface area (Å²) in [6, 6.07) is 0. The summed E-state index contributed by atoms with van der Waals surface area (Å²) in [4.78, 5) is 0. The van der Waals surface area contributed by atoms with Crippen LogP contribution in [0.15, 0.2) is 0 Å². The predicted molar refractivity (Wildman–Crippen MR) is 56.5 cm³/mol. The van der Waals surface area contributed by atoms with Crippen molar-refractivity contribution in [3.05, 3.63) is 0 Å². The summed E-state index contributed by atoms with van der Waals surface area (Å²) >= 11 is 0. The SMILES string of the molecule is CO[C@@H]1O[C@H](OC)[C@H]2[C@@H]3CC[C@H](C[C@@H]3O)[C@H]12. The molecule has 0 amide bonds. The van der Waals surface area contributed by atoms with Gasteiger partial charge in [0.15, 0.2) is 12.6 Å². The van der Waals surface area contributed by atoms with Crippen molar-refractivity contribution in [3.8, 4) is 0 Å². The van der Waals surface area contributed by atoms with Crippen LogP contribution in [-0.2, 0) is 14.2 Å². The molecule has 1 aliphatic heterocycles. The molecule has 7 atom stereocenters. The van der Waals surface area contributed by atoms with Gasteiger partial charge in [-0.25, -0.2) is 0 Å². The Labute approximate surface area is 95.9 Å². The lowest BCUT2D eigenvalue weighted by Crippen LogP contribution is -2.50. The molecule has 1 heterocycles. The molecule has 4 heteroatoms. The second-order valence-corrected chi connectivity index (χ2v) is 5.30. The molecule has 0 aromatic heterocycles. The topological polar surface area (TPSA) is 47.9 Å². The van der Waals surface area contributed by atoms with Gasteiger partial charge in [0.05, 0.1) is 6.10 Å². The van der Waals surface area contributed by atoms with Gasteiger partial charge in [-0.15, -0.1) is 0 Å². The van der Waals surface area contributed by atoms with Crippen LogP contribution >= 0.6 is 0 Å². The summed E-state index contributed by atoms with van der Waals surface area (Å²) in [5.74, 6) is 1.60. The van der Waals surface area contributed by atoms with Crippen molar-refractivity contribution >= 4 is 0 Å². The molecule has 1 saturated heterocycles. The lowest BCUT2D eigenvalue weighted by Gasteiger charge is -2.49. The van der Waals surface area contributed by atoms with E-state index in [0.29, 0.717) is 23.7 Å². The van der Waals surface area contributed by atoms with E-state index < -0.39 is 0 Å². The molecule has 1 N–H and O–H groups in total. The third-order valence-corrected chi connectivity index (χ3v) is 4.75. The fraction of sp³-hybridized carbons (Fsp3) is 1.00. The standard InChI is InChI=1S/C12H20O4/c1-14-11-9-6-3-4-7(8(13)5-6)10(9)12(15-2)16-11/h6-13H,3-5H2,1-2H3/t6-,7-,8+,9+,10+,11-,12+/m1/s1. The number of methoxy groups -OCH3 is 2. The zero-order valence-corrected chi connectivity index (χ0v) is 9.83. The molecule has 0 spiro atoms. The number of hydrogen-bond acceptors (Lipinski definition) is 4. The Morgan fingerprint density at radius 2 is 1.75 bits per heavy atom. The van der Waals surface area contributed by atoms with Gasteiger partial charge < -0.3 is 19.3 Å². The minimum atomic E-state index is -0.197. The van der Waals surface area contributed by atoms with Gasteiger partial charge in [0.2, 0.25) is 0 Å². The van der Waals surface area contributed by atoms with Crippen molar-refractivity contribution in [3.63, 3.8) is 0 Å². The number of aliphatic hydroxyl groups is 1. The Kier molecular flexibility index (Phi) is 2.70. The van der Waals surface area contributed by atoms with Crippen molar-refractivity contribution in [2.24, 2.45) is 23.7 Å². The molecule has 4 fully saturated rings. The highest BCUT2D eigenvalue weighted by Gasteiger charge is 2.58. The third-order valence-electron chi connectivity index (χ3n) is 4.75. The van der Waals surface area contributed by atoms with Gasteiger partial charge in [0.1, 0.15) is 0 Å². The molecule has 0 aromatic carbocycles. The maximum absolute atomic E-state index is 10.1. The van der Waals surface area contributed by atoms with Crippen LogP contribution in [0.3, 0.4) is 0 Å². The van der Waals surface area contributed by atoms with E-state index in [1.54, 1.807) is 14.2 Å². The molecule has 2 bridgehead atoms. The van der Waals surface area contributed by atoms with Crippen LogP contribution in [-0.4, -0.2) is 38.0 Å². The van der Waals surface area contributed by atoms with E-state index in [-0.39, 0.29) is 18.7 Å². The highest BCUT2D eigenvalue weighted by Crippen LogP contribution is 2.55. The minimum absolute atomic E-state index is 0.143. The van der Waals surface area contributed by atoms with Crippen molar-refractivity contribution in [2.75, 3.05) is 14.2 Å². The van der Waals surface area contributed by atoms with Crippen molar-refractivity contribution in [1.82, 2.24) is 0 Å². The van der Waals surface area contributed by atoms with Crippen molar-refractivity contribution in [2.45, 2.75) is 37.9 Å². The molecule has 16 heavy (non-hydrogen) atoms. The van der Waals surface area contributed by atoms with Crippen LogP contribution < -0.4 is 0 Å². The molecular weight excluding hydrogens is 208 g/mol. The van der Waals surface area contributed by atoms with Gasteiger partial charge in [-0.05, 0) is 31.1 Å². The van der Waals surface area contributed by atoms with E-state index in [2.05, 4.69) is 0 Å². The van der Waals surface area contributed by atoms with Gasteiger partial charge in [-0.1, -0.05) is 0 Å². The summed E-state index contributed by atoms with van der Waals surface area (Å²) in [5.41, 5.74) is 0. The van der Waals surface area contributed by atoms with Crippen LogP contribution in [0.25, 0.3) is 0 Å². The van der Waals surface area contributed by atoms with E-state index in [4.69, 9.17) is 14.2 Å². The first kappa shape index (κ1) is 11.0. The van der Waals surface area contributed by atoms with Gasteiger partial charge in [0.25, 0.3) is 0 Å². The largest absolute Gasteiger partial charge is 0.393 e. The second kappa shape index (κ2) is 3.95. The summed E-state index contributed by atoms with van der Waals surface area (Å²) in [7, 11) is 3.37. The van der Waals surface area contributed by atoms with Crippen LogP contribution in [0.5, 0.6) is 0 Å². The zero-order valence-electron chi connectivity index (χ0n) is 9.83. The molecule has 3 aliphatic carbocycles. The molecule has 0 radical (unpaired) electrons. The Bertz CT molecular complexity index is 270. The number of aliphatic hydroxyl groups excluding tert-OH is 1. The Hall–Kier alpha value is -0.160. The van der Waals surface area contributed by atoms with E-state index in [1.165, 1.54) is 6.42 Å². The number of ether oxygens (including phenoxy) is 3. The highest BCUT2D eigenvalue weighted by atomic mass is 16.8. The van der Waals surface area contributed by atoms with Gasteiger partial charge >= 0.3 is 0 Å². The summed E-state index contributed by atoms with van der Waals surface area (Å²) in [5, 5.41) is 10.1. The minimum Gasteiger partial charge on any atom is -0.393 e. The van der Waals surface area contributed by atoms with E-state index >= 15 is 0 Å². The van der Waals surface area contributed by atoms with Crippen molar-refractivity contribution < 1.29 is 19.3 Å². The monoisotopic (exact) mass is 228 g/mol. The summed E-state index contributed by atoms with van der Waals surface area (Å²) in [6.45, 7) is 0. The Balaban J connectivity index is 1.89. The van der Waals surface area contributed by atoms with E-state index in [0.717, 1.165) is 12.8 Å². The molecular formula is C12H20O4. The summed E-state index contributed by atoms with van der Waals surface area (Å²) < 4.78 is 16.6. The quantitative estimate of drug-likeness (QED) is 0.765. The molecule has 4 rings (SSSR count). The smallest absolute Gasteiger partial charge is 0.163 e. The summed E-state index contributed by atoms with van der Waals surface area (Å²) in [6.07, 6.45) is 2.70. The van der Waals surface area contributed by atoms with Crippen molar-refractivity contribution in [1.29, 1.82) is 0 Å². The lowest BCUT2D eigenvalue weighted by atomic mass is 9.58. The molecule has 0 unspecified atom stereocenters. The first-order valence-corrected chi connectivity index (χ1v) is 6.15. The average Bonchev–Trinajstić information content (AvgIpc) is 2.69. The molecule has 92 valence electrons. The molecule has 3 saturated carbocycles. The molecule has 4 nitrogen and oxygen atoms in total. The van der Waals surface area contributed by atoms with Gasteiger partial charge in [-0.3, -0.25) is 0 Å². The number of hydrogen-bond donors (Lipinski definition) is 1. The maximum atomic E-state index is 10.1. The fourth-order valence-electron chi connectivity index (χ4n) is 4.13. The molecule has 4 aliphatic rings. The predicted octanol–water partition coefficient (Wildman–Crippen LogP) is 0.985. The van der Waals surface area contributed by atoms with Crippen LogP contribution in [0.2, 0.25) is 0 Å². The van der Waals surface area contributed by atoms with Crippen LogP contribution in [0.1, 0.15) is 19.3 Å². The van der Waals surface area contributed by atoms with Crippen LogP contribution in [0.4, 0.5) is 0 Å². The Morgan fingerprint density at radius 1 is 1.06 bits per heavy atom. The van der Waals surface area contributed by atoms with Gasteiger partial charge in [-0.2, -0.15) is 0 Å². The zero-order chi connectivity index (χ0) is 11.3. The van der Waals surface area contributed by atoms with E-state index in [9.17, 15) is 5.11 Å². The molecule has 0 aromatic rings. The van der Waals surface area contributed by atoms with Crippen LogP contribution in [0, 0.1) is 23.7 Å². The maximum Gasteiger partial charge on any atom is 0.163 e.